The van der Waals surface area contributed by atoms with Crippen molar-refractivity contribution in [3.63, 3.8) is 0 Å². The molecule has 0 amide bonds. The fourth-order valence-corrected chi connectivity index (χ4v) is 3.40. The third kappa shape index (κ3) is 2.06. The number of carboxylic acids is 1. The largest absolute Gasteiger partial charge is 0.478 e. The van der Waals surface area contributed by atoms with Crippen LogP contribution in [0.2, 0.25) is 0 Å². The molecule has 4 nitrogen and oxygen atoms in total. The molecule has 2 aromatic carbocycles. The zero-order valence-electron chi connectivity index (χ0n) is 12.6. The Bertz CT molecular complexity index is 968. The van der Waals surface area contributed by atoms with Crippen LogP contribution in [0.4, 0.5) is 0 Å². The van der Waals surface area contributed by atoms with Crippen LogP contribution in [0.3, 0.4) is 0 Å². The zero-order valence-corrected chi connectivity index (χ0v) is 12.6. The summed E-state index contributed by atoms with van der Waals surface area (Å²) < 4.78 is 2.04. The molecule has 1 aliphatic carbocycles. The first-order valence-corrected chi connectivity index (χ1v) is 7.50. The predicted molar refractivity (Wildman–Crippen MR) is 87.1 cm³/mol. The number of hydrogen-bond donors (Lipinski definition) is 1. The van der Waals surface area contributed by atoms with Crippen molar-refractivity contribution >= 4 is 22.7 Å². The number of aryl methyl sites for hydroxylation is 1. The molecule has 1 heterocycles. The van der Waals surface area contributed by atoms with Gasteiger partial charge in [-0.3, -0.25) is 4.79 Å². The van der Waals surface area contributed by atoms with Gasteiger partial charge in [0.05, 0.1) is 11.5 Å². The number of hydrogen-bond acceptors (Lipinski definition) is 2. The number of rotatable bonds is 2. The maximum Gasteiger partial charge on any atom is 0.335 e. The summed E-state index contributed by atoms with van der Waals surface area (Å²) in [7, 11) is 1.98. The third-order valence-electron chi connectivity index (χ3n) is 4.67. The van der Waals surface area contributed by atoms with Crippen molar-refractivity contribution in [1.82, 2.24) is 4.57 Å². The summed E-state index contributed by atoms with van der Waals surface area (Å²) in [4.78, 5) is 23.8. The normalized spacial score (nSPS) is 16.7. The molecular weight excluding hydrogens is 290 g/mol. The molecule has 23 heavy (non-hydrogen) atoms. The van der Waals surface area contributed by atoms with Crippen LogP contribution in [0.25, 0.3) is 10.9 Å². The van der Waals surface area contributed by atoms with E-state index in [2.05, 4.69) is 6.07 Å². The molecule has 0 saturated carbocycles. The second-order valence-electron chi connectivity index (χ2n) is 6.04. The Kier molecular flexibility index (Phi) is 2.88. The van der Waals surface area contributed by atoms with E-state index in [1.54, 1.807) is 12.1 Å². The van der Waals surface area contributed by atoms with Gasteiger partial charge in [0.15, 0.2) is 5.78 Å². The molecule has 0 saturated heterocycles. The molecule has 0 aliphatic heterocycles. The lowest BCUT2D eigenvalue weighted by Gasteiger charge is -2.09. The molecule has 0 bridgehead atoms. The van der Waals surface area contributed by atoms with Crippen molar-refractivity contribution < 1.29 is 14.7 Å². The molecule has 1 aliphatic rings. The lowest BCUT2D eigenvalue weighted by atomic mass is 9.94. The lowest BCUT2D eigenvalue weighted by Crippen LogP contribution is -2.07. The number of fused-ring (bicyclic) bond motifs is 2. The van der Waals surface area contributed by atoms with Gasteiger partial charge in [-0.15, -0.1) is 0 Å². The van der Waals surface area contributed by atoms with Crippen LogP contribution >= 0.6 is 0 Å². The number of nitrogens with zero attached hydrogens (tertiary/aromatic N) is 1. The first kappa shape index (κ1) is 13.8. The van der Waals surface area contributed by atoms with Gasteiger partial charge in [-0.05, 0) is 47.2 Å². The maximum absolute atomic E-state index is 12.7. The molecule has 4 rings (SSSR count). The number of carbonyl (C=O) groups is 2. The SMILES string of the molecule is Cn1ccc2ccc(C3Cc4cc(C(=O)O)ccc4C3=O)cc21. The Balaban J connectivity index is 1.76. The molecule has 3 aromatic rings. The minimum absolute atomic E-state index is 0.0745. The van der Waals surface area contributed by atoms with E-state index < -0.39 is 5.97 Å². The second-order valence-corrected chi connectivity index (χ2v) is 6.04. The molecule has 4 heteroatoms. The van der Waals surface area contributed by atoms with E-state index in [1.165, 1.54) is 6.07 Å². The van der Waals surface area contributed by atoms with E-state index in [4.69, 9.17) is 5.11 Å². The number of benzene rings is 2. The molecular formula is C19H15NO3. The summed E-state index contributed by atoms with van der Waals surface area (Å²) >= 11 is 0. The number of carbonyl (C=O) groups excluding carboxylic acids is 1. The second kappa shape index (κ2) is 4.81. The minimum Gasteiger partial charge on any atom is -0.478 e. The Hall–Kier alpha value is -2.88. The summed E-state index contributed by atoms with van der Waals surface area (Å²) in [5.41, 5.74) is 3.78. The first-order valence-electron chi connectivity index (χ1n) is 7.50. The first-order chi connectivity index (χ1) is 11.0. The average Bonchev–Trinajstić information content (AvgIpc) is 3.08. The number of carboxylic acid groups (broad SMARTS) is 1. The third-order valence-corrected chi connectivity index (χ3v) is 4.67. The van der Waals surface area contributed by atoms with Gasteiger partial charge in [0, 0.05) is 24.3 Å². The highest BCUT2D eigenvalue weighted by molar-refractivity contribution is 6.06. The molecule has 1 atom stereocenters. The van der Waals surface area contributed by atoms with Gasteiger partial charge in [0.1, 0.15) is 0 Å². The van der Waals surface area contributed by atoms with E-state index in [1.807, 2.05) is 36.0 Å². The quantitative estimate of drug-likeness (QED) is 0.789. The molecule has 114 valence electrons. The van der Waals surface area contributed by atoms with E-state index in [0.717, 1.165) is 22.0 Å². The Morgan fingerprint density at radius 3 is 2.78 bits per heavy atom. The molecule has 0 spiro atoms. The smallest absolute Gasteiger partial charge is 0.335 e. The van der Waals surface area contributed by atoms with Crippen molar-refractivity contribution in [2.24, 2.45) is 7.05 Å². The van der Waals surface area contributed by atoms with Crippen molar-refractivity contribution in [3.8, 4) is 0 Å². The number of Topliss-reactive ketones (excluding diaryl/α,β-unsaturated/α-hetero) is 1. The number of ketones is 1. The van der Waals surface area contributed by atoms with Gasteiger partial charge in [-0.1, -0.05) is 18.2 Å². The molecule has 1 aromatic heterocycles. The van der Waals surface area contributed by atoms with E-state index >= 15 is 0 Å². The van der Waals surface area contributed by atoms with Crippen LogP contribution < -0.4 is 0 Å². The molecule has 0 radical (unpaired) electrons. The van der Waals surface area contributed by atoms with Gasteiger partial charge >= 0.3 is 5.97 Å². The average molecular weight is 305 g/mol. The van der Waals surface area contributed by atoms with Gasteiger partial charge in [-0.2, -0.15) is 0 Å². The summed E-state index contributed by atoms with van der Waals surface area (Å²) in [6.07, 6.45) is 2.56. The Labute approximate surface area is 133 Å². The van der Waals surface area contributed by atoms with Crippen molar-refractivity contribution in [1.29, 1.82) is 0 Å². The van der Waals surface area contributed by atoms with E-state index in [0.29, 0.717) is 12.0 Å². The van der Waals surface area contributed by atoms with Crippen LogP contribution in [0.5, 0.6) is 0 Å². The topological polar surface area (TPSA) is 59.3 Å². The number of aromatic carboxylic acids is 1. The van der Waals surface area contributed by atoms with E-state index in [9.17, 15) is 9.59 Å². The van der Waals surface area contributed by atoms with Crippen molar-refractivity contribution in [3.05, 3.63) is 70.9 Å². The van der Waals surface area contributed by atoms with Crippen LogP contribution in [-0.2, 0) is 13.5 Å². The van der Waals surface area contributed by atoms with Crippen molar-refractivity contribution in [2.45, 2.75) is 12.3 Å². The minimum atomic E-state index is -0.964. The van der Waals surface area contributed by atoms with Crippen LogP contribution in [-0.4, -0.2) is 21.4 Å². The highest BCUT2D eigenvalue weighted by Gasteiger charge is 2.32. The van der Waals surface area contributed by atoms with Gasteiger partial charge in [0.25, 0.3) is 0 Å². The van der Waals surface area contributed by atoms with Gasteiger partial charge < -0.3 is 9.67 Å². The maximum atomic E-state index is 12.7. The summed E-state index contributed by atoms with van der Waals surface area (Å²) in [5, 5.41) is 10.2. The monoisotopic (exact) mass is 305 g/mol. The standard InChI is InChI=1S/C19H15NO3/c1-20-7-6-11-2-3-12(10-17(11)20)16-9-14-8-13(19(22)23)4-5-15(14)18(16)21/h2-8,10,16H,9H2,1H3,(H,22,23). The summed E-state index contributed by atoms with van der Waals surface area (Å²) in [6, 6.07) is 12.9. The van der Waals surface area contributed by atoms with Gasteiger partial charge in [0.2, 0.25) is 0 Å². The fraction of sp³-hybridized carbons (Fsp3) is 0.158. The Morgan fingerprint density at radius 1 is 1.17 bits per heavy atom. The summed E-state index contributed by atoms with van der Waals surface area (Å²) in [6.45, 7) is 0. The summed E-state index contributed by atoms with van der Waals surface area (Å²) in [5.74, 6) is -1.12. The molecule has 0 fully saturated rings. The van der Waals surface area contributed by atoms with Crippen LogP contribution in [0, 0.1) is 0 Å². The van der Waals surface area contributed by atoms with Crippen molar-refractivity contribution in [2.75, 3.05) is 0 Å². The highest BCUT2D eigenvalue weighted by Crippen LogP contribution is 2.35. The van der Waals surface area contributed by atoms with Crippen LogP contribution in [0.1, 0.15) is 37.8 Å². The zero-order chi connectivity index (χ0) is 16.1. The molecule has 1 N–H and O–H groups in total. The molecule has 1 unspecified atom stereocenters. The van der Waals surface area contributed by atoms with Gasteiger partial charge in [-0.25, -0.2) is 4.79 Å². The predicted octanol–water partition coefficient (Wildman–Crippen LogP) is 3.40. The lowest BCUT2D eigenvalue weighted by molar-refractivity contribution is 0.0696. The fourth-order valence-electron chi connectivity index (χ4n) is 3.40. The Morgan fingerprint density at radius 2 is 2.00 bits per heavy atom. The number of aromatic nitrogens is 1. The van der Waals surface area contributed by atoms with Crippen LogP contribution in [0.15, 0.2) is 48.7 Å². The van der Waals surface area contributed by atoms with E-state index in [-0.39, 0.29) is 17.3 Å². The highest BCUT2D eigenvalue weighted by atomic mass is 16.4.